The zero-order chi connectivity index (χ0) is 15.5. The Kier molecular flexibility index (Phi) is 3.80. The minimum atomic E-state index is -0.505. The van der Waals surface area contributed by atoms with Crippen LogP contribution in [0.2, 0.25) is 0 Å². The average Bonchev–Trinajstić information content (AvgIpc) is 2.84. The van der Waals surface area contributed by atoms with Gasteiger partial charge in [-0.25, -0.2) is 4.98 Å². The Bertz CT molecular complexity index is 740. The molecule has 2 N–H and O–H groups in total. The molecule has 0 atom stereocenters. The summed E-state index contributed by atoms with van der Waals surface area (Å²) < 4.78 is 0. The average molecular weight is 295 g/mol. The van der Waals surface area contributed by atoms with Crippen LogP contribution in [-0.2, 0) is 9.59 Å². The molecule has 5 nitrogen and oxygen atoms in total. The highest BCUT2D eigenvalue weighted by Crippen LogP contribution is 2.15. The van der Waals surface area contributed by atoms with Crippen molar-refractivity contribution in [2.75, 3.05) is 0 Å². The highest BCUT2D eigenvalue weighted by molar-refractivity contribution is 6.00. The molecule has 2 aromatic carbocycles. The van der Waals surface area contributed by atoms with Gasteiger partial charge in [-0.2, -0.15) is 5.06 Å². The van der Waals surface area contributed by atoms with E-state index in [0.29, 0.717) is 0 Å². The molecule has 1 aliphatic rings. The molecule has 110 valence electrons. The number of pyridine rings is 1. The topological polar surface area (TPSA) is 71.8 Å². The largest absolute Gasteiger partial charge is 0.279 e. The first-order valence-electron chi connectivity index (χ1n) is 6.99. The van der Waals surface area contributed by atoms with Gasteiger partial charge in [0.2, 0.25) is 11.0 Å². The highest BCUT2D eigenvalue weighted by Gasteiger charge is 2.26. The lowest BCUT2D eigenvalue weighted by Crippen LogP contribution is -2.24. The number of nitrogens with zero attached hydrogens (tertiary/aromatic N) is 1. The van der Waals surface area contributed by atoms with Crippen molar-refractivity contribution in [3.05, 3.63) is 54.6 Å². The van der Waals surface area contributed by atoms with Gasteiger partial charge < -0.3 is 0 Å². The first kappa shape index (κ1) is 14.2. The summed E-state index contributed by atoms with van der Waals surface area (Å²) >= 11 is 0. The number of para-hydroxylation sites is 2. The van der Waals surface area contributed by atoms with E-state index < -0.39 is 11.8 Å². The summed E-state index contributed by atoms with van der Waals surface area (Å²) in [4.78, 5) is 23.9. The van der Waals surface area contributed by atoms with E-state index in [0.717, 1.165) is 0 Å². The number of carbonyl (C=O) groups is 2. The summed E-state index contributed by atoms with van der Waals surface area (Å²) in [7, 11) is 0. The lowest BCUT2D eigenvalue weighted by molar-refractivity contribution is -0.310. The highest BCUT2D eigenvalue weighted by atomic mass is 16.5. The number of imide groups is 1. The van der Waals surface area contributed by atoms with Crippen LogP contribution in [0.15, 0.2) is 54.6 Å². The number of aromatic amines is 1. The summed E-state index contributed by atoms with van der Waals surface area (Å²) in [6, 6.07) is 18.9. The number of carbonyl (C=O) groups excluding carboxylic acids is 2. The van der Waals surface area contributed by atoms with E-state index in [2.05, 4.69) is 47.4 Å². The third-order valence-corrected chi connectivity index (χ3v) is 3.53. The van der Waals surface area contributed by atoms with E-state index in [4.69, 9.17) is 5.21 Å². The fourth-order valence-corrected chi connectivity index (χ4v) is 2.35. The molecule has 0 unspecified atom stereocenters. The van der Waals surface area contributed by atoms with E-state index in [9.17, 15) is 9.59 Å². The second-order valence-electron chi connectivity index (χ2n) is 5.04. The van der Waals surface area contributed by atoms with E-state index in [1.54, 1.807) is 0 Å². The van der Waals surface area contributed by atoms with Crippen molar-refractivity contribution >= 4 is 33.6 Å². The van der Waals surface area contributed by atoms with Gasteiger partial charge in [0, 0.05) is 35.7 Å². The van der Waals surface area contributed by atoms with Gasteiger partial charge in [-0.3, -0.25) is 14.8 Å². The zero-order valence-electron chi connectivity index (χ0n) is 11.8. The number of H-pyrrole nitrogens is 1. The molecular formula is C17H15N2O3+. The molecule has 1 fully saturated rings. The maximum absolute atomic E-state index is 10.2. The normalized spacial score (nSPS) is 14.3. The first-order valence-corrected chi connectivity index (χ1v) is 6.99. The van der Waals surface area contributed by atoms with Crippen LogP contribution in [0.3, 0.4) is 0 Å². The molecule has 1 saturated heterocycles. The van der Waals surface area contributed by atoms with Crippen LogP contribution >= 0.6 is 0 Å². The Morgan fingerprint density at radius 3 is 1.68 bits per heavy atom. The van der Waals surface area contributed by atoms with Crippen molar-refractivity contribution < 1.29 is 19.8 Å². The van der Waals surface area contributed by atoms with Gasteiger partial charge in [0.1, 0.15) is 0 Å². The van der Waals surface area contributed by atoms with Crippen LogP contribution in [0.1, 0.15) is 12.8 Å². The van der Waals surface area contributed by atoms with Gasteiger partial charge in [-0.05, 0) is 18.2 Å². The Balaban J connectivity index is 0.000000154. The summed E-state index contributed by atoms with van der Waals surface area (Å²) in [5.41, 5.74) is 2.37. The number of rotatable bonds is 0. The number of aromatic nitrogens is 1. The number of benzene rings is 2. The summed E-state index contributed by atoms with van der Waals surface area (Å²) in [6.07, 6.45) is 0.296. The summed E-state index contributed by atoms with van der Waals surface area (Å²) in [5, 5.41) is 11.1. The van der Waals surface area contributed by atoms with E-state index >= 15 is 0 Å². The maximum Gasteiger partial charge on any atom is 0.253 e. The molecule has 0 spiro atoms. The fraction of sp³-hybridized carbons (Fsp3) is 0.118. The molecule has 1 aromatic heterocycles. The number of amides is 2. The molecule has 2 amide bonds. The SMILES string of the molecule is O=C1CCC(=O)N1O.c1ccc2[nH+]c3ccccc3cc2c1. The summed E-state index contributed by atoms with van der Waals surface area (Å²) in [6.45, 7) is 0. The maximum atomic E-state index is 10.2. The quantitative estimate of drug-likeness (QED) is 0.393. The van der Waals surface area contributed by atoms with Gasteiger partial charge in [0.25, 0.3) is 11.8 Å². The molecule has 0 saturated carbocycles. The van der Waals surface area contributed by atoms with Crippen molar-refractivity contribution in [3.63, 3.8) is 0 Å². The summed E-state index contributed by atoms with van der Waals surface area (Å²) in [5.74, 6) is -1.01. The van der Waals surface area contributed by atoms with Crippen molar-refractivity contribution in [1.82, 2.24) is 5.06 Å². The number of hydrogen-bond acceptors (Lipinski definition) is 3. The van der Waals surface area contributed by atoms with Crippen molar-refractivity contribution in [3.8, 4) is 0 Å². The number of nitrogens with one attached hydrogen (secondary N) is 1. The third-order valence-electron chi connectivity index (χ3n) is 3.53. The van der Waals surface area contributed by atoms with Crippen LogP contribution < -0.4 is 4.98 Å². The van der Waals surface area contributed by atoms with E-state index in [-0.39, 0.29) is 17.9 Å². The molecule has 4 rings (SSSR count). The molecule has 0 radical (unpaired) electrons. The van der Waals surface area contributed by atoms with Crippen molar-refractivity contribution in [2.24, 2.45) is 0 Å². The number of hydrogen-bond donors (Lipinski definition) is 1. The van der Waals surface area contributed by atoms with Crippen LogP contribution in [0.5, 0.6) is 0 Å². The van der Waals surface area contributed by atoms with Crippen molar-refractivity contribution in [2.45, 2.75) is 12.8 Å². The molecule has 0 aliphatic carbocycles. The molecule has 0 bridgehead atoms. The van der Waals surface area contributed by atoms with Gasteiger partial charge in [0.15, 0.2) is 0 Å². The van der Waals surface area contributed by atoms with Crippen LogP contribution in [-0.4, -0.2) is 22.1 Å². The molecule has 5 heteroatoms. The second kappa shape index (κ2) is 5.91. The van der Waals surface area contributed by atoms with Gasteiger partial charge >= 0.3 is 0 Å². The lowest BCUT2D eigenvalue weighted by atomic mass is 10.1. The zero-order valence-corrected chi connectivity index (χ0v) is 11.8. The molecule has 2 heterocycles. The first-order chi connectivity index (χ1) is 10.6. The molecular weight excluding hydrogens is 280 g/mol. The molecule has 22 heavy (non-hydrogen) atoms. The predicted molar refractivity (Wildman–Crippen MR) is 80.9 cm³/mol. The third kappa shape index (κ3) is 2.80. The molecule has 1 aliphatic heterocycles. The van der Waals surface area contributed by atoms with Crippen LogP contribution in [0.4, 0.5) is 0 Å². The van der Waals surface area contributed by atoms with Crippen LogP contribution in [0, 0.1) is 0 Å². The van der Waals surface area contributed by atoms with Gasteiger partial charge in [-0.1, -0.05) is 24.3 Å². The minimum absolute atomic E-state index is 0.148. The van der Waals surface area contributed by atoms with Crippen LogP contribution in [0.25, 0.3) is 21.8 Å². The monoisotopic (exact) mass is 295 g/mol. The minimum Gasteiger partial charge on any atom is -0.279 e. The van der Waals surface area contributed by atoms with E-state index in [1.807, 2.05) is 12.1 Å². The molecule has 3 aromatic rings. The Morgan fingerprint density at radius 1 is 0.818 bits per heavy atom. The Labute approximate surface area is 126 Å². The Morgan fingerprint density at radius 2 is 1.27 bits per heavy atom. The van der Waals surface area contributed by atoms with E-state index in [1.165, 1.54) is 21.8 Å². The Hall–Kier alpha value is -2.79. The number of fused-ring (bicyclic) bond motifs is 2. The lowest BCUT2D eigenvalue weighted by Gasteiger charge is -1.98. The number of hydroxylamine groups is 2. The van der Waals surface area contributed by atoms with Crippen molar-refractivity contribution in [1.29, 1.82) is 0 Å². The van der Waals surface area contributed by atoms with Gasteiger partial charge in [0.05, 0.1) is 0 Å². The fourth-order valence-electron chi connectivity index (χ4n) is 2.35. The predicted octanol–water partition coefficient (Wildman–Crippen LogP) is 2.33. The smallest absolute Gasteiger partial charge is 0.253 e. The van der Waals surface area contributed by atoms with Gasteiger partial charge in [-0.15, -0.1) is 0 Å². The standard InChI is InChI=1S/C13H9N.C4H5NO3/c1-3-7-12-10(5-1)9-11-6-2-4-8-13(11)14-12;6-3-1-2-4(7)5(3)8/h1-9H;8H,1-2H2/p+1. The second-order valence-corrected chi connectivity index (χ2v) is 5.04.